The molecule has 1 saturated carbocycles. The van der Waals surface area contributed by atoms with E-state index in [1.165, 1.54) is 6.20 Å². The number of carbonyl (C=O) groups is 1. The van der Waals surface area contributed by atoms with E-state index in [-0.39, 0.29) is 17.6 Å². The molecule has 1 aliphatic carbocycles. The number of nitriles is 1. The number of aromatic nitrogens is 3. The number of imidazole rings is 1. The molecule has 0 radical (unpaired) electrons. The van der Waals surface area contributed by atoms with Crippen molar-refractivity contribution < 1.29 is 4.79 Å². The fourth-order valence-corrected chi connectivity index (χ4v) is 5.29. The van der Waals surface area contributed by atoms with Crippen molar-refractivity contribution >= 4 is 28.5 Å². The molecule has 7 nitrogen and oxygen atoms in total. The first kappa shape index (κ1) is 23.8. The van der Waals surface area contributed by atoms with Gasteiger partial charge in [-0.1, -0.05) is 35.9 Å². The number of halogens is 1. The lowest BCUT2D eigenvalue weighted by atomic mass is 9.85. The van der Waals surface area contributed by atoms with Crippen LogP contribution in [0.5, 0.6) is 0 Å². The van der Waals surface area contributed by atoms with Crippen molar-refractivity contribution in [2.75, 3.05) is 0 Å². The van der Waals surface area contributed by atoms with Crippen molar-refractivity contribution in [1.82, 2.24) is 19.4 Å². The smallest absolute Gasteiger partial charge is 0.333 e. The summed E-state index contributed by atoms with van der Waals surface area (Å²) in [5.41, 5.74) is 3.71. The van der Waals surface area contributed by atoms with E-state index in [1.54, 1.807) is 29.7 Å². The molecule has 2 aromatic heterocycles. The van der Waals surface area contributed by atoms with Crippen LogP contribution in [0.2, 0.25) is 5.02 Å². The molecule has 1 aliphatic rings. The highest BCUT2D eigenvalue weighted by Gasteiger charge is 2.26. The van der Waals surface area contributed by atoms with Gasteiger partial charge in [0.25, 0.3) is 5.91 Å². The molecule has 36 heavy (non-hydrogen) atoms. The highest BCUT2D eigenvalue weighted by Crippen LogP contribution is 2.28. The summed E-state index contributed by atoms with van der Waals surface area (Å²) >= 11 is 6.02. The number of pyridine rings is 1. The van der Waals surface area contributed by atoms with Crippen LogP contribution in [0.15, 0.2) is 65.6 Å². The zero-order valence-corrected chi connectivity index (χ0v) is 20.7. The third kappa shape index (κ3) is 4.52. The van der Waals surface area contributed by atoms with Gasteiger partial charge in [-0.05, 0) is 68.9 Å². The minimum atomic E-state index is -0.151. The predicted octanol–water partition coefficient (Wildman–Crippen LogP) is 5.01. The Hall–Kier alpha value is -3.89. The van der Waals surface area contributed by atoms with E-state index < -0.39 is 0 Å². The first-order chi connectivity index (χ1) is 17.5. The number of hydrogen-bond donors (Lipinski definition) is 1. The minimum absolute atomic E-state index is 0.0766. The van der Waals surface area contributed by atoms with Gasteiger partial charge in [-0.25, -0.2) is 4.79 Å². The van der Waals surface area contributed by atoms with E-state index in [4.69, 9.17) is 11.6 Å². The Kier molecular flexibility index (Phi) is 6.62. The number of para-hydroxylation sites is 3. The molecule has 2 heterocycles. The SMILES string of the molecule is Cc1ncc(Cl)cc1C(=O)NC1CCC(Cn2c(=O)n(-c3ccccc3C#N)c3ccccc32)CC1. The Balaban J connectivity index is 1.33. The fraction of sp³-hybridized carbons (Fsp3) is 0.286. The summed E-state index contributed by atoms with van der Waals surface area (Å²) in [6, 6.07) is 18.8. The monoisotopic (exact) mass is 499 g/mol. The molecular weight excluding hydrogens is 474 g/mol. The maximum Gasteiger partial charge on any atom is 0.333 e. The Labute approximate surface area is 214 Å². The average Bonchev–Trinajstić information content (AvgIpc) is 3.17. The summed E-state index contributed by atoms with van der Waals surface area (Å²) in [5, 5.41) is 13.2. The number of fused-ring (bicyclic) bond motifs is 1. The normalized spacial score (nSPS) is 17.6. The lowest BCUT2D eigenvalue weighted by Gasteiger charge is -2.29. The molecule has 0 atom stereocenters. The van der Waals surface area contributed by atoms with Crippen LogP contribution >= 0.6 is 11.6 Å². The number of carbonyl (C=O) groups excluding carboxylic acids is 1. The second-order valence-corrected chi connectivity index (χ2v) is 9.76. The van der Waals surface area contributed by atoms with Crippen LogP contribution in [-0.2, 0) is 6.54 Å². The van der Waals surface area contributed by atoms with E-state index in [2.05, 4.69) is 16.4 Å². The lowest BCUT2D eigenvalue weighted by molar-refractivity contribution is 0.0919. The molecule has 0 unspecified atom stereocenters. The average molecular weight is 500 g/mol. The first-order valence-electron chi connectivity index (χ1n) is 12.1. The summed E-state index contributed by atoms with van der Waals surface area (Å²) < 4.78 is 3.47. The van der Waals surface area contributed by atoms with Gasteiger partial charge in [0.15, 0.2) is 0 Å². The maximum atomic E-state index is 13.6. The fourth-order valence-electron chi connectivity index (χ4n) is 5.13. The van der Waals surface area contributed by atoms with Crippen LogP contribution in [0, 0.1) is 24.2 Å². The molecule has 182 valence electrons. The van der Waals surface area contributed by atoms with Crippen molar-refractivity contribution in [3.05, 3.63) is 93.1 Å². The van der Waals surface area contributed by atoms with Crippen molar-refractivity contribution in [1.29, 1.82) is 5.26 Å². The third-order valence-electron chi connectivity index (χ3n) is 7.02. The molecule has 0 bridgehead atoms. The Morgan fingerprint density at radius 1 is 1.11 bits per heavy atom. The van der Waals surface area contributed by atoms with Crippen molar-refractivity contribution in [3.8, 4) is 11.8 Å². The van der Waals surface area contributed by atoms with Crippen LogP contribution in [-0.4, -0.2) is 26.1 Å². The molecule has 1 fully saturated rings. The number of nitrogens with zero attached hydrogens (tertiary/aromatic N) is 4. The lowest BCUT2D eigenvalue weighted by Crippen LogP contribution is -2.39. The molecule has 4 aromatic rings. The molecule has 1 N–H and O–H groups in total. The Morgan fingerprint density at radius 2 is 1.81 bits per heavy atom. The highest BCUT2D eigenvalue weighted by atomic mass is 35.5. The second-order valence-electron chi connectivity index (χ2n) is 9.32. The van der Waals surface area contributed by atoms with Crippen molar-refractivity contribution in [2.24, 2.45) is 5.92 Å². The number of amides is 1. The van der Waals surface area contributed by atoms with E-state index >= 15 is 0 Å². The standard InChI is InChI=1S/C28H26ClN5O2/c1-18-23(14-21(29)16-31-18)27(35)32-22-12-10-19(11-13-22)17-33-25-8-4-5-9-26(25)34(28(33)36)24-7-3-2-6-20(24)15-30/h2-9,14,16,19,22H,10-13,17H2,1H3,(H,32,35). The molecule has 0 saturated heterocycles. The molecule has 8 heteroatoms. The molecule has 5 rings (SSSR count). The maximum absolute atomic E-state index is 13.6. The van der Waals surface area contributed by atoms with Gasteiger partial charge in [0.1, 0.15) is 6.07 Å². The van der Waals surface area contributed by atoms with Gasteiger partial charge in [0.2, 0.25) is 0 Å². The van der Waals surface area contributed by atoms with Gasteiger partial charge in [-0.2, -0.15) is 5.26 Å². The topological polar surface area (TPSA) is 92.7 Å². The third-order valence-corrected chi connectivity index (χ3v) is 7.23. The number of nitrogens with one attached hydrogen (secondary N) is 1. The quantitative estimate of drug-likeness (QED) is 0.417. The summed E-state index contributed by atoms with van der Waals surface area (Å²) in [5.74, 6) is 0.164. The number of aryl methyl sites for hydroxylation is 1. The van der Waals surface area contributed by atoms with E-state index in [0.29, 0.717) is 40.0 Å². The second kappa shape index (κ2) is 10.00. The van der Waals surface area contributed by atoms with Crippen LogP contribution < -0.4 is 11.0 Å². The molecule has 0 spiro atoms. The summed E-state index contributed by atoms with van der Waals surface area (Å²) in [4.78, 5) is 30.5. The number of benzene rings is 2. The zero-order valence-electron chi connectivity index (χ0n) is 19.9. The van der Waals surface area contributed by atoms with Crippen LogP contribution in [0.3, 0.4) is 0 Å². The Bertz CT molecular complexity index is 1540. The summed E-state index contributed by atoms with van der Waals surface area (Å²) in [7, 11) is 0. The molecule has 2 aromatic carbocycles. The molecular formula is C28H26ClN5O2. The van der Waals surface area contributed by atoms with Crippen LogP contribution in [0.25, 0.3) is 16.7 Å². The van der Waals surface area contributed by atoms with Gasteiger partial charge in [-0.3, -0.25) is 18.9 Å². The van der Waals surface area contributed by atoms with Gasteiger partial charge in [0.05, 0.1) is 38.6 Å². The Morgan fingerprint density at radius 3 is 2.56 bits per heavy atom. The first-order valence-corrected chi connectivity index (χ1v) is 12.5. The van der Waals surface area contributed by atoms with Crippen LogP contribution in [0.4, 0.5) is 0 Å². The van der Waals surface area contributed by atoms with Gasteiger partial charge >= 0.3 is 5.69 Å². The van der Waals surface area contributed by atoms with Gasteiger partial charge in [0, 0.05) is 18.8 Å². The zero-order chi connectivity index (χ0) is 25.2. The summed E-state index contributed by atoms with van der Waals surface area (Å²) in [6.07, 6.45) is 5.02. The van der Waals surface area contributed by atoms with Crippen molar-refractivity contribution in [2.45, 2.75) is 45.2 Å². The highest BCUT2D eigenvalue weighted by molar-refractivity contribution is 6.30. The minimum Gasteiger partial charge on any atom is -0.349 e. The number of rotatable bonds is 5. The van der Waals surface area contributed by atoms with Crippen molar-refractivity contribution in [3.63, 3.8) is 0 Å². The summed E-state index contributed by atoms with van der Waals surface area (Å²) in [6.45, 7) is 2.39. The predicted molar refractivity (Wildman–Crippen MR) is 139 cm³/mol. The van der Waals surface area contributed by atoms with E-state index in [0.717, 1.165) is 36.7 Å². The molecule has 0 aliphatic heterocycles. The van der Waals surface area contributed by atoms with E-state index in [1.807, 2.05) is 41.0 Å². The largest absolute Gasteiger partial charge is 0.349 e. The van der Waals surface area contributed by atoms with E-state index in [9.17, 15) is 14.9 Å². The van der Waals surface area contributed by atoms with Gasteiger partial charge < -0.3 is 5.32 Å². The van der Waals surface area contributed by atoms with Crippen LogP contribution in [0.1, 0.15) is 47.3 Å². The van der Waals surface area contributed by atoms with Gasteiger partial charge in [-0.15, -0.1) is 0 Å². The molecule has 1 amide bonds. The number of hydrogen-bond acceptors (Lipinski definition) is 4.